The fourth-order valence-electron chi connectivity index (χ4n) is 4.01. The first kappa shape index (κ1) is 20.1. The number of aryl methyl sites for hydroxylation is 2. The summed E-state index contributed by atoms with van der Waals surface area (Å²) in [6, 6.07) is 3.56. The highest BCUT2D eigenvalue weighted by molar-refractivity contribution is 7.89. The monoisotopic (exact) mass is 395 g/mol. The second kappa shape index (κ2) is 8.16. The Morgan fingerprint density at radius 1 is 1.19 bits per heavy atom. The van der Waals surface area contributed by atoms with Gasteiger partial charge in [-0.05, 0) is 43.9 Å². The van der Waals surface area contributed by atoms with Crippen molar-refractivity contribution in [3.8, 4) is 5.75 Å². The average molecular weight is 396 g/mol. The molecule has 1 unspecified atom stereocenters. The summed E-state index contributed by atoms with van der Waals surface area (Å²) in [7, 11) is -2.23. The zero-order valence-corrected chi connectivity index (χ0v) is 17.1. The van der Waals surface area contributed by atoms with E-state index in [4.69, 9.17) is 4.74 Å². The number of piperazine rings is 1. The van der Waals surface area contributed by atoms with E-state index in [2.05, 4.69) is 5.32 Å². The van der Waals surface area contributed by atoms with Crippen LogP contribution in [0.4, 0.5) is 0 Å². The minimum atomic E-state index is -3.72. The molecule has 0 aliphatic carbocycles. The molecule has 150 valence electrons. The van der Waals surface area contributed by atoms with Crippen molar-refractivity contribution in [2.45, 2.75) is 31.6 Å². The first-order valence-electron chi connectivity index (χ1n) is 9.49. The molecule has 0 bridgehead atoms. The number of hydrogen-bond acceptors (Lipinski definition) is 5. The summed E-state index contributed by atoms with van der Waals surface area (Å²) in [4.78, 5) is 14.9. The number of carbonyl (C=O) groups excluding carboxylic acids is 1. The maximum Gasteiger partial charge on any atom is 0.246 e. The number of amides is 1. The molecule has 1 atom stereocenters. The second-order valence-electron chi connectivity index (χ2n) is 7.39. The quantitative estimate of drug-likeness (QED) is 0.827. The van der Waals surface area contributed by atoms with Gasteiger partial charge in [0, 0.05) is 39.3 Å². The summed E-state index contributed by atoms with van der Waals surface area (Å²) in [5.41, 5.74) is 1.67. The lowest BCUT2D eigenvalue weighted by molar-refractivity contribution is -0.137. The molecule has 2 aliphatic rings. The fraction of sp³-hybridized carbons (Fsp3) is 0.632. The van der Waals surface area contributed by atoms with Crippen molar-refractivity contribution < 1.29 is 17.9 Å². The van der Waals surface area contributed by atoms with Crippen molar-refractivity contribution in [3.05, 3.63) is 23.3 Å². The SMILES string of the molecule is COc1c(C)cc(C)cc1S(=O)(=O)N1CCCC(C(=O)N2CCNCC2)C1. The largest absolute Gasteiger partial charge is 0.495 e. The molecule has 2 aliphatic heterocycles. The van der Waals surface area contributed by atoms with Gasteiger partial charge in [-0.3, -0.25) is 4.79 Å². The third-order valence-electron chi connectivity index (χ3n) is 5.37. The van der Waals surface area contributed by atoms with E-state index < -0.39 is 10.0 Å². The number of ether oxygens (including phenoxy) is 1. The minimum Gasteiger partial charge on any atom is -0.495 e. The lowest BCUT2D eigenvalue weighted by Crippen LogP contribution is -2.51. The summed E-state index contributed by atoms with van der Waals surface area (Å²) in [6.45, 7) is 7.35. The van der Waals surface area contributed by atoms with Crippen molar-refractivity contribution in [3.63, 3.8) is 0 Å². The maximum absolute atomic E-state index is 13.3. The smallest absolute Gasteiger partial charge is 0.246 e. The van der Waals surface area contributed by atoms with E-state index in [1.54, 1.807) is 6.07 Å². The number of carbonyl (C=O) groups is 1. The van der Waals surface area contributed by atoms with E-state index >= 15 is 0 Å². The predicted octanol–water partition coefficient (Wildman–Crippen LogP) is 1.14. The van der Waals surface area contributed by atoms with Gasteiger partial charge in [0.1, 0.15) is 10.6 Å². The zero-order valence-electron chi connectivity index (χ0n) is 16.3. The molecule has 0 aromatic heterocycles. The van der Waals surface area contributed by atoms with Crippen LogP contribution < -0.4 is 10.1 Å². The summed E-state index contributed by atoms with van der Waals surface area (Å²) in [6.07, 6.45) is 1.42. The Morgan fingerprint density at radius 3 is 2.56 bits per heavy atom. The van der Waals surface area contributed by atoms with Crippen LogP contribution >= 0.6 is 0 Å². The molecule has 1 aromatic rings. The standard InChI is InChI=1S/C19H29N3O4S/c1-14-11-15(2)18(26-3)17(12-14)27(24,25)22-8-4-5-16(13-22)19(23)21-9-6-20-7-10-21/h11-12,16,20H,4-10,13H2,1-3H3. The Bertz CT molecular complexity index is 803. The molecule has 0 saturated carbocycles. The number of sulfonamides is 1. The van der Waals surface area contributed by atoms with Gasteiger partial charge in [0.25, 0.3) is 0 Å². The molecule has 0 radical (unpaired) electrons. The topological polar surface area (TPSA) is 79.0 Å². The van der Waals surface area contributed by atoms with Crippen LogP contribution in [0.25, 0.3) is 0 Å². The van der Waals surface area contributed by atoms with Gasteiger partial charge < -0.3 is 15.0 Å². The predicted molar refractivity (Wildman–Crippen MR) is 103 cm³/mol. The molecule has 1 N–H and O–H groups in total. The highest BCUT2D eigenvalue weighted by Gasteiger charge is 2.36. The van der Waals surface area contributed by atoms with Gasteiger partial charge in [0.15, 0.2) is 0 Å². The zero-order chi connectivity index (χ0) is 19.6. The first-order valence-corrected chi connectivity index (χ1v) is 10.9. The van der Waals surface area contributed by atoms with Gasteiger partial charge in [-0.15, -0.1) is 0 Å². The number of methoxy groups -OCH3 is 1. The van der Waals surface area contributed by atoms with Crippen LogP contribution in [0.5, 0.6) is 5.75 Å². The van der Waals surface area contributed by atoms with Crippen molar-refractivity contribution in [1.82, 2.24) is 14.5 Å². The first-order chi connectivity index (χ1) is 12.8. The summed E-state index contributed by atoms with van der Waals surface area (Å²) >= 11 is 0. The molecule has 0 spiro atoms. The van der Waals surface area contributed by atoms with Gasteiger partial charge in [-0.1, -0.05) is 6.07 Å². The van der Waals surface area contributed by atoms with Crippen LogP contribution in [0.1, 0.15) is 24.0 Å². The van der Waals surface area contributed by atoms with Crippen molar-refractivity contribution in [2.75, 3.05) is 46.4 Å². The van der Waals surface area contributed by atoms with E-state index in [-0.39, 0.29) is 23.3 Å². The van der Waals surface area contributed by atoms with Crippen LogP contribution in [-0.4, -0.2) is 69.9 Å². The number of hydrogen-bond donors (Lipinski definition) is 1. The van der Waals surface area contributed by atoms with Gasteiger partial charge >= 0.3 is 0 Å². The van der Waals surface area contributed by atoms with Gasteiger partial charge in [-0.2, -0.15) is 4.31 Å². The van der Waals surface area contributed by atoms with E-state index in [9.17, 15) is 13.2 Å². The van der Waals surface area contributed by atoms with Crippen LogP contribution in [0.2, 0.25) is 0 Å². The molecule has 2 heterocycles. The molecule has 27 heavy (non-hydrogen) atoms. The lowest BCUT2D eigenvalue weighted by Gasteiger charge is -2.36. The normalized spacial score (nSPS) is 21.9. The summed E-state index contributed by atoms with van der Waals surface area (Å²) in [5, 5.41) is 3.24. The summed E-state index contributed by atoms with van der Waals surface area (Å²) < 4.78 is 33.5. The van der Waals surface area contributed by atoms with Gasteiger partial charge in [0.2, 0.25) is 15.9 Å². The molecule has 8 heteroatoms. The summed E-state index contributed by atoms with van der Waals surface area (Å²) in [5.74, 6) is 0.184. The Morgan fingerprint density at radius 2 is 1.89 bits per heavy atom. The highest BCUT2D eigenvalue weighted by Crippen LogP contribution is 2.33. The molecule has 1 amide bonds. The Hall–Kier alpha value is -1.64. The van der Waals surface area contributed by atoms with Crippen molar-refractivity contribution in [1.29, 1.82) is 0 Å². The van der Waals surface area contributed by atoms with Crippen LogP contribution in [0.3, 0.4) is 0 Å². The highest BCUT2D eigenvalue weighted by atomic mass is 32.2. The van der Waals surface area contributed by atoms with E-state index in [1.807, 2.05) is 24.8 Å². The van der Waals surface area contributed by atoms with Gasteiger partial charge in [0.05, 0.1) is 13.0 Å². The van der Waals surface area contributed by atoms with Crippen LogP contribution in [0, 0.1) is 19.8 Å². The molecule has 2 saturated heterocycles. The Kier molecular flexibility index (Phi) is 6.08. The third-order valence-corrected chi connectivity index (χ3v) is 7.24. The lowest BCUT2D eigenvalue weighted by atomic mass is 9.98. The minimum absolute atomic E-state index is 0.0730. The fourth-order valence-corrected chi connectivity index (χ4v) is 5.85. The molecule has 1 aromatic carbocycles. The number of nitrogens with zero attached hydrogens (tertiary/aromatic N) is 2. The van der Waals surface area contributed by atoms with Crippen molar-refractivity contribution >= 4 is 15.9 Å². The van der Waals surface area contributed by atoms with E-state index in [1.165, 1.54) is 11.4 Å². The Balaban J connectivity index is 1.84. The molecular formula is C19H29N3O4S. The third kappa shape index (κ3) is 4.12. The van der Waals surface area contributed by atoms with Crippen molar-refractivity contribution in [2.24, 2.45) is 5.92 Å². The maximum atomic E-state index is 13.3. The number of nitrogens with one attached hydrogen (secondary N) is 1. The number of piperidine rings is 1. The van der Waals surface area contributed by atoms with E-state index in [0.717, 1.165) is 30.6 Å². The van der Waals surface area contributed by atoms with Gasteiger partial charge in [-0.25, -0.2) is 8.42 Å². The molecular weight excluding hydrogens is 366 g/mol. The molecule has 2 fully saturated rings. The number of rotatable bonds is 4. The molecule has 3 rings (SSSR count). The molecule has 7 nitrogen and oxygen atoms in total. The second-order valence-corrected chi connectivity index (χ2v) is 9.30. The van der Waals surface area contributed by atoms with Crippen LogP contribution in [-0.2, 0) is 14.8 Å². The Labute approximate surface area is 161 Å². The van der Waals surface area contributed by atoms with Crippen LogP contribution in [0.15, 0.2) is 17.0 Å². The number of benzene rings is 1. The average Bonchev–Trinajstić information content (AvgIpc) is 2.67. The van der Waals surface area contributed by atoms with E-state index in [0.29, 0.717) is 31.8 Å².